The predicted molar refractivity (Wildman–Crippen MR) is 237 cm³/mol. The minimum absolute atomic E-state index is 0.587. The standard InChI is InChI=1S/C53H31N3O2/c1-2-12-34(13-3-1)51-54-52(56-53(55-51)42-19-10-22-48-50(42)41-17-6-7-20-45(41)57-48)38-15-8-14-37(29-38)40-18-9-21-47-49(40)44-31-36(27-28-46(44)58-47)35-26-25-33-24-23-32-11-4-5-16-39(32)43(33)30-35/h1-31H. The summed E-state index contributed by atoms with van der Waals surface area (Å²) in [5.41, 5.74) is 10.4. The zero-order chi connectivity index (χ0) is 38.2. The highest BCUT2D eigenvalue weighted by molar-refractivity contribution is 6.15. The summed E-state index contributed by atoms with van der Waals surface area (Å²) < 4.78 is 12.8. The van der Waals surface area contributed by atoms with Gasteiger partial charge in [0.05, 0.1) is 0 Å². The molecule has 0 saturated heterocycles. The Labute approximate surface area is 332 Å². The van der Waals surface area contributed by atoms with Crippen molar-refractivity contribution in [3.8, 4) is 56.4 Å². The molecule has 5 nitrogen and oxygen atoms in total. The summed E-state index contributed by atoms with van der Waals surface area (Å²) in [4.78, 5) is 15.3. The fourth-order valence-corrected chi connectivity index (χ4v) is 8.56. The predicted octanol–water partition coefficient (Wildman–Crippen LogP) is 14.3. The number of hydrogen-bond acceptors (Lipinski definition) is 5. The van der Waals surface area contributed by atoms with Gasteiger partial charge in [0.25, 0.3) is 0 Å². The highest BCUT2D eigenvalue weighted by atomic mass is 16.3. The van der Waals surface area contributed by atoms with E-state index in [1.807, 2.05) is 60.7 Å². The van der Waals surface area contributed by atoms with Gasteiger partial charge in [-0.15, -0.1) is 0 Å². The molecule has 0 bridgehead atoms. The summed E-state index contributed by atoms with van der Waals surface area (Å²) in [5, 5.41) is 9.12. The maximum atomic E-state index is 6.50. The Morgan fingerprint density at radius 1 is 0.276 bits per heavy atom. The van der Waals surface area contributed by atoms with Crippen molar-refractivity contribution in [1.82, 2.24) is 15.0 Å². The van der Waals surface area contributed by atoms with Crippen molar-refractivity contribution in [3.63, 3.8) is 0 Å². The first-order chi connectivity index (χ1) is 28.7. The molecular formula is C53H31N3O2. The van der Waals surface area contributed by atoms with Crippen molar-refractivity contribution in [2.24, 2.45) is 0 Å². The average Bonchev–Trinajstić information content (AvgIpc) is 3.87. The molecule has 3 heterocycles. The number of benzene rings is 9. The zero-order valence-electron chi connectivity index (χ0n) is 31.1. The van der Waals surface area contributed by atoms with E-state index in [9.17, 15) is 0 Å². The van der Waals surface area contributed by atoms with E-state index >= 15 is 0 Å². The van der Waals surface area contributed by atoms with Crippen LogP contribution in [0.3, 0.4) is 0 Å². The maximum absolute atomic E-state index is 6.50. The first-order valence-corrected chi connectivity index (χ1v) is 19.4. The number of rotatable bonds is 5. The van der Waals surface area contributed by atoms with Crippen LogP contribution in [-0.2, 0) is 0 Å². The van der Waals surface area contributed by atoms with E-state index in [0.717, 1.165) is 77.3 Å². The van der Waals surface area contributed by atoms with Crippen LogP contribution in [0.25, 0.3) is 122 Å². The number of nitrogens with zero attached hydrogens (tertiary/aromatic N) is 3. The Balaban J connectivity index is 1.01. The van der Waals surface area contributed by atoms with Gasteiger partial charge in [-0.1, -0.05) is 146 Å². The number of para-hydroxylation sites is 1. The second-order valence-corrected chi connectivity index (χ2v) is 14.7. The molecule has 0 saturated carbocycles. The van der Waals surface area contributed by atoms with E-state index in [1.54, 1.807) is 0 Å². The van der Waals surface area contributed by atoms with Crippen LogP contribution in [0, 0.1) is 0 Å². The highest BCUT2D eigenvalue weighted by Crippen LogP contribution is 2.41. The molecule has 0 atom stereocenters. The van der Waals surface area contributed by atoms with Crippen molar-refractivity contribution in [2.75, 3.05) is 0 Å². The normalized spacial score (nSPS) is 11.8. The Hall–Kier alpha value is -7.89. The van der Waals surface area contributed by atoms with Gasteiger partial charge in [-0.2, -0.15) is 0 Å². The molecule has 58 heavy (non-hydrogen) atoms. The third-order valence-electron chi connectivity index (χ3n) is 11.3. The van der Waals surface area contributed by atoms with E-state index in [0.29, 0.717) is 17.5 Å². The topological polar surface area (TPSA) is 65.0 Å². The Bertz CT molecular complexity index is 3580. The quantitative estimate of drug-likeness (QED) is 0.164. The molecule has 0 unspecified atom stereocenters. The maximum Gasteiger partial charge on any atom is 0.164 e. The fourth-order valence-electron chi connectivity index (χ4n) is 8.56. The molecule has 12 aromatic rings. The molecule has 12 rings (SSSR count). The molecule has 0 aliphatic carbocycles. The third-order valence-corrected chi connectivity index (χ3v) is 11.3. The molecule has 0 radical (unpaired) electrons. The molecule has 0 aliphatic heterocycles. The molecule has 0 aliphatic rings. The summed E-state index contributed by atoms with van der Waals surface area (Å²) in [5.74, 6) is 1.78. The number of furan rings is 2. The molecule has 0 N–H and O–H groups in total. The SMILES string of the molecule is c1ccc(-c2nc(-c3cccc(-c4cccc5oc6ccc(-c7ccc8ccc9ccccc9c8c7)cc6c45)c3)nc(-c3cccc4oc5ccccc5c34)n2)cc1. The monoisotopic (exact) mass is 741 g/mol. The van der Waals surface area contributed by atoms with E-state index in [-0.39, 0.29) is 0 Å². The zero-order valence-corrected chi connectivity index (χ0v) is 31.1. The summed E-state index contributed by atoms with van der Waals surface area (Å²) in [6.45, 7) is 0. The van der Waals surface area contributed by atoms with Crippen LogP contribution in [-0.4, -0.2) is 15.0 Å². The van der Waals surface area contributed by atoms with Crippen molar-refractivity contribution >= 4 is 65.4 Å². The van der Waals surface area contributed by atoms with E-state index in [1.165, 1.54) is 27.1 Å². The largest absolute Gasteiger partial charge is 0.456 e. The number of fused-ring (bicyclic) bond motifs is 9. The van der Waals surface area contributed by atoms with Gasteiger partial charge in [-0.25, -0.2) is 15.0 Å². The summed E-state index contributed by atoms with van der Waals surface area (Å²) in [6, 6.07) is 65.2. The highest BCUT2D eigenvalue weighted by Gasteiger charge is 2.19. The van der Waals surface area contributed by atoms with Gasteiger partial charge in [-0.05, 0) is 86.3 Å². The first kappa shape index (κ1) is 32.4. The van der Waals surface area contributed by atoms with E-state index in [2.05, 4.69) is 127 Å². The van der Waals surface area contributed by atoms with Gasteiger partial charge < -0.3 is 8.83 Å². The molecule has 0 fully saturated rings. The second kappa shape index (κ2) is 12.8. The Morgan fingerprint density at radius 3 is 1.64 bits per heavy atom. The molecular weight excluding hydrogens is 711 g/mol. The van der Waals surface area contributed by atoms with Crippen molar-refractivity contribution in [3.05, 3.63) is 188 Å². The van der Waals surface area contributed by atoms with Crippen molar-refractivity contribution < 1.29 is 8.83 Å². The Kier molecular flexibility index (Phi) is 7.16. The van der Waals surface area contributed by atoms with Crippen LogP contribution in [0.5, 0.6) is 0 Å². The molecule has 0 spiro atoms. The van der Waals surface area contributed by atoms with Gasteiger partial charge in [0.1, 0.15) is 22.3 Å². The molecule has 270 valence electrons. The van der Waals surface area contributed by atoms with Gasteiger partial charge >= 0.3 is 0 Å². The van der Waals surface area contributed by atoms with Crippen LogP contribution in [0.4, 0.5) is 0 Å². The fraction of sp³-hybridized carbons (Fsp3) is 0. The lowest BCUT2D eigenvalue weighted by Crippen LogP contribution is -2.00. The molecule has 0 amide bonds. The van der Waals surface area contributed by atoms with Crippen LogP contribution >= 0.6 is 0 Å². The van der Waals surface area contributed by atoms with Gasteiger partial charge in [0.15, 0.2) is 17.5 Å². The van der Waals surface area contributed by atoms with Crippen LogP contribution < -0.4 is 0 Å². The van der Waals surface area contributed by atoms with Crippen LogP contribution in [0.2, 0.25) is 0 Å². The lowest BCUT2D eigenvalue weighted by atomic mass is 9.95. The minimum atomic E-state index is 0.587. The summed E-state index contributed by atoms with van der Waals surface area (Å²) >= 11 is 0. The number of aromatic nitrogens is 3. The molecule has 9 aromatic carbocycles. The average molecular weight is 742 g/mol. The van der Waals surface area contributed by atoms with Crippen LogP contribution in [0.15, 0.2) is 197 Å². The third kappa shape index (κ3) is 5.21. The van der Waals surface area contributed by atoms with Crippen LogP contribution in [0.1, 0.15) is 0 Å². The Morgan fingerprint density at radius 2 is 0.810 bits per heavy atom. The molecule has 3 aromatic heterocycles. The van der Waals surface area contributed by atoms with E-state index < -0.39 is 0 Å². The lowest BCUT2D eigenvalue weighted by molar-refractivity contribution is 0.668. The van der Waals surface area contributed by atoms with Crippen molar-refractivity contribution in [1.29, 1.82) is 0 Å². The lowest BCUT2D eigenvalue weighted by Gasteiger charge is -2.11. The minimum Gasteiger partial charge on any atom is -0.456 e. The number of hydrogen-bond donors (Lipinski definition) is 0. The van der Waals surface area contributed by atoms with Crippen molar-refractivity contribution in [2.45, 2.75) is 0 Å². The van der Waals surface area contributed by atoms with E-state index in [4.69, 9.17) is 23.8 Å². The second-order valence-electron chi connectivity index (χ2n) is 14.7. The summed E-state index contributed by atoms with van der Waals surface area (Å²) in [6.07, 6.45) is 0. The van der Waals surface area contributed by atoms with Gasteiger partial charge in [0.2, 0.25) is 0 Å². The molecule has 5 heteroatoms. The summed E-state index contributed by atoms with van der Waals surface area (Å²) in [7, 11) is 0. The smallest absolute Gasteiger partial charge is 0.164 e. The van der Waals surface area contributed by atoms with Gasteiger partial charge in [-0.3, -0.25) is 0 Å². The van der Waals surface area contributed by atoms with Gasteiger partial charge in [0, 0.05) is 38.2 Å². The first-order valence-electron chi connectivity index (χ1n) is 19.4.